The first-order chi connectivity index (χ1) is 15.4. The number of nitrogens with zero attached hydrogens (tertiary/aromatic N) is 4. The maximum Gasteiger partial charge on any atom is 0.251 e. The molecule has 3 aromatic rings. The highest BCUT2D eigenvalue weighted by Crippen LogP contribution is 2.26. The minimum absolute atomic E-state index is 0.0157. The summed E-state index contributed by atoms with van der Waals surface area (Å²) in [5, 5.41) is 7.01. The van der Waals surface area contributed by atoms with Crippen molar-refractivity contribution in [3.63, 3.8) is 0 Å². The number of amides is 1. The van der Waals surface area contributed by atoms with Crippen LogP contribution in [-0.4, -0.2) is 46.5 Å². The van der Waals surface area contributed by atoms with E-state index in [4.69, 9.17) is 0 Å². The van der Waals surface area contributed by atoms with Crippen LogP contribution in [0.5, 0.6) is 0 Å². The highest BCUT2D eigenvalue weighted by molar-refractivity contribution is 7.89. The van der Waals surface area contributed by atoms with Gasteiger partial charge in [0.25, 0.3) is 5.91 Å². The van der Waals surface area contributed by atoms with Crippen LogP contribution in [0.2, 0.25) is 0 Å². The molecular weight excluding hydrogens is 426 g/mol. The molecule has 0 aliphatic heterocycles. The van der Waals surface area contributed by atoms with Crippen molar-refractivity contribution in [1.82, 2.24) is 24.4 Å². The Hall–Kier alpha value is -3.04. The molecular formula is C23H27N5O3S. The molecule has 0 saturated heterocycles. The molecule has 1 aromatic carbocycles. The predicted molar refractivity (Wildman–Crippen MR) is 121 cm³/mol. The van der Waals surface area contributed by atoms with Gasteiger partial charge in [-0.25, -0.2) is 18.1 Å². The lowest BCUT2D eigenvalue weighted by Gasteiger charge is -2.30. The van der Waals surface area contributed by atoms with Gasteiger partial charge in [-0.3, -0.25) is 4.79 Å². The van der Waals surface area contributed by atoms with Gasteiger partial charge in [0.1, 0.15) is 0 Å². The molecule has 32 heavy (non-hydrogen) atoms. The van der Waals surface area contributed by atoms with E-state index < -0.39 is 10.0 Å². The summed E-state index contributed by atoms with van der Waals surface area (Å²) in [7, 11) is -2.02. The fourth-order valence-electron chi connectivity index (χ4n) is 3.99. The van der Waals surface area contributed by atoms with Gasteiger partial charge < -0.3 is 5.32 Å². The normalized spacial score (nSPS) is 15.1. The minimum atomic E-state index is -3.66. The van der Waals surface area contributed by atoms with E-state index in [1.54, 1.807) is 48.5 Å². The molecule has 4 rings (SSSR count). The Kier molecular flexibility index (Phi) is 6.66. The summed E-state index contributed by atoms with van der Waals surface area (Å²) in [6.45, 7) is 0.286. The van der Waals surface area contributed by atoms with Gasteiger partial charge in [0, 0.05) is 43.8 Å². The summed E-state index contributed by atoms with van der Waals surface area (Å²) in [5.41, 5.74) is 1.17. The lowest BCUT2D eigenvalue weighted by molar-refractivity contribution is 0.0950. The van der Waals surface area contributed by atoms with Crippen LogP contribution in [0, 0.1) is 0 Å². The number of carbonyl (C=O) groups is 1. The van der Waals surface area contributed by atoms with Gasteiger partial charge in [-0.2, -0.15) is 9.40 Å². The lowest BCUT2D eigenvalue weighted by atomic mass is 9.96. The largest absolute Gasteiger partial charge is 0.348 e. The first-order valence-electron chi connectivity index (χ1n) is 10.8. The summed E-state index contributed by atoms with van der Waals surface area (Å²) in [6, 6.07) is 11.7. The molecule has 0 spiro atoms. The molecule has 1 saturated carbocycles. The standard InChI is InChI=1S/C23H27N5O3S/c1-27(20-8-3-2-4-9-20)32(30,31)21-10-5-7-19(16-21)23(29)25-17-18-11-13-24-22(15-18)28-14-6-12-26-28/h5-7,10-16,20H,2-4,8-9,17H2,1H3,(H,25,29). The molecule has 2 heterocycles. The molecule has 1 aliphatic carbocycles. The Morgan fingerprint density at radius 1 is 1.12 bits per heavy atom. The number of aromatic nitrogens is 3. The Bertz CT molecular complexity index is 1170. The third kappa shape index (κ3) is 4.89. The Morgan fingerprint density at radius 3 is 2.69 bits per heavy atom. The monoisotopic (exact) mass is 453 g/mol. The van der Waals surface area contributed by atoms with Crippen molar-refractivity contribution in [3.05, 3.63) is 72.2 Å². The second kappa shape index (κ2) is 9.62. The zero-order chi connectivity index (χ0) is 22.6. The third-order valence-corrected chi connectivity index (χ3v) is 7.77. The average molecular weight is 454 g/mol. The van der Waals surface area contributed by atoms with E-state index >= 15 is 0 Å². The van der Waals surface area contributed by atoms with Crippen LogP contribution in [0.25, 0.3) is 5.82 Å². The summed E-state index contributed by atoms with van der Waals surface area (Å²) in [6.07, 6.45) is 10.1. The number of hydrogen-bond acceptors (Lipinski definition) is 5. The van der Waals surface area contributed by atoms with Gasteiger partial charge in [0.05, 0.1) is 4.90 Å². The van der Waals surface area contributed by atoms with E-state index in [9.17, 15) is 13.2 Å². The fraction of sp³-hybridized carbons (Fsp3) is 0.348. The van der Waals surface area contributed by atoms with Crippen molar-refractivity contribution in [2.75, 3.05) is 7.05 Å². The summed E-state index contributed by atoms with van der Waals surface area (Å²) in [5.74, 6) is 0.320. The molecule has 1 aliphatic rings. The smallest absolute Gasteiger partial charge is 0.251 e. The van der Waals surface area contributed by atoms with E-state index in [-0.39, 0.29) is 23.4 Å². The van der Waals surface area contributed by atoms with E-state index in [1.807, 2.05) is 18.2 Å². The number of benzene rings is 1. The lowest BCUT2D eigenvalue weighted by Crippen LogP contribution is -2.38. The van der Waals surface area contributed by atoms with E-state index in [1.165, 1.54) is 10.4 Å². The maximum atomic E-state index is 13.1. The molecule has 8 nitrogen and oxygen atoms in total. The van der Waals surface area contributed by atoms with Gasteiger partial charge >= 0.3 is 0 Å². The van der Waals surface area contributed by atoms with E-state index in [0.717, 1.165) is 37.7 Å². The van der Waals surface area contributed by atoms with Gasteiger partial charge in [0.2, 0.25) is 10.0 Å². The summed E-state index contributed by atoms with van der Waals surface area (Å²) < 4.78 is 29.3. The van der Waals surface area contributed by atoms with E-state index in [0.29, 0.717) is 11.4 Å². The number of hydrogen-bond donors (Lipinski definition) is 1. The van der Waals surface area contributed by atoms with Crippen LogP contribution in [0.1, 0.15) is 48.0 Å². The topological polar surface area (TPSA) is 97.2 Å². The van der Waals surface area contributed by atoms with Gasteiger partial charge in [-0.15, -0.1) is 0 Å². The van der Waals surface area contributed by atoms with Crippen LogP contribution in [0.4, 0.5) is 0 Å². The van der Waals surface area contributed by atoms with E-state index in [2.05, 4.69) is 15.4 Å². The molecule has 2 aromatic heterocycles. The first kappa shape index (κ1) is 22.2. The highest BCUT2D eigenvalue weighted by atomic mass is 32.2. The third-order valence-electron chi connectivity index (χ3n) is 5.86. The van der Waals surface area contributed by atoms with Crippen LogP contribution >= 0.6 is 0 Å². The highest BCUT2D eigenvalue weighted by Gasteiger charge is 2.29. The quantitative estimate of drug-likeness (QED) is 0.593. The molecule has 0 radical (unpaired) electrons. The number of pyridine rings is 1. The molecule has 9 heteroatoms. The van der Waals surface area contributed by atoms with Crippen molar-refractivity contribution < 1.29 is 13.2 Å². The van der Waals surface area contributed by atoms with Crippen molar-refractivity contribution in [1.29, 1.82) is 0 Å². The minimum Gasteiger partial charge on any atom is -0.348 e. The zero-order valence-corrected chi connectivity index (χ0v) is 18.8. The number of carbonyl (C=O) groups excluding carboxylic acids is 1. The molecule has 1 fully saturated rings. The number of rotatable bonds is 7. The van der Waals surface area contributed by atoms with Crippen LogP contribution < -0.4 is 5.32 Å². The Morgan fingerprint density at radius 2 is 1.94 bits per heavy atom. The van der Waals surface area contributed by atoms with Gasteiger partial charge in [-0.1, -0.05) is 25.3 Å². The van der Waals surface area contributed by atoms with Crippen LogP contribution in [0.3, 0.4) is 0 Å². The Labute approximate surface area is 188 Å². The van der Waals surface area contributed by atoms with Gasteiger partial charge in [0.15, 0.2) is 5.82 Å². The van der Waals surface area contributed by atoms with Gasteiger partial charge in [-0.05, 0) is 54.8 Å². The SMILES string of the molecule is CN(C1CCCCC1)S(=O)(=O)c1cccc(C(=O)NCc2ccnc(-n3cccn3)c2)c1. The summed E-state index contributed by atoms with van der Waals surface area (Å²) >= 11 is 0. The number of sulfonamides is 1. The summed E-state index contributed by atoms with van der Waals surface area (Å²) in [4.78, 5) is 17.1. The molecule has 0 atom stereocenters. The maximum absolute atomic E-state index is 13.1. The zero-order valence-electron chi connectivity index (χ0n) is 18.0. The number of nitrogens with one attached hydrogen (secondary N) is 1. The molecule has 0 bridgehead atoms. The Balaban J connectivity index is 1.45. The fourth-order valence-corrected chi connectivity index (χ4v) is 5.45. The predicted octanol–water partition coefficient (Wildman–Crippen LogP) is 3.15. The van der Waals surface area contributed by atoms with Crippen molar-refractivity contribution in [2.24, 2.45) is 0 Å². The van der Waals surface area contributed by atoms with Crippen molar-refractivity contribution in [3.8, 4) is 5.82 Å². The molecule has 168 valence electrons. The van der Waals surface area contributed by atoms with Crippen molar-refractivity contribution >= 4 is 15.9 Å². The van der Waals surface area contributed by atoms with Crippen LogP contribution in [-0.2, 0) is 16.6 Å². The second-order valence-corrected chi connectivity index (χ2v) is 9.99. The average Bonchev–Trinajstić information content (AvgIpc) is 3.38. The first-order valence-corrected chi connectivity index (χ1v) is 12.2. The second-order valence-electron chi connectivity index (χ2n) is 8.00. The molecule has 1 N–H and O–H groups in total. The van der Waals surface area contributed by atoms with Crippen LogP contribution in [0.15, 0.2) is 66.0 Å². The molecule has 0 unspecified atom stereocenters. The molecule has 1 amide bonds. The van der Waals surface area contributed by atoms with Crippen molar-refractivity contribution in [2.45, 2.75) is 49.6 Å².